The van der Waals surface area contributed by atoms with Gasteiger partial charge in [-0.2, -0.15) is 9.40 Å². The molecule has 0 aliphatic carbocycles. The summed E-state index contributed by atoms with van der Waals surface area (Å²) in [5, 5.41) is 10.6. The first-order chi connectivity index (χ1) is 17.1. The highest BCUT2D eigenvalue weighted by Gasteiger charge is 2.29. The van der Waals surface area contributed by atoms with E-state index in [0.717, 1.165) is 10.6 Å². The van der Waals surface area contributed by atoms with Gasteiger partial charge in [-0.05, 0) is 48.5 Å². The van der Waals surface area contributed by atoms with Crippen LogP contribution in [0.4, 0.5) is 17.2 Å². The Balaban J connectivity index is 1.44. The molecule has 0 unspecified atom stereocenters. The standard InChI is InChI=1S/C23H26N6O5S2/c1-27(35(2,31)32)21-7-4-3-6-20(21)23(30)25-18-9-11-19(12-10-18)36(33,34)29-16-14-28(15-17-29)22-8-5-13-24-26-22/h3-13H,14-17H2,1-2H3,(H,25,30). The van der Waals surface area contributed by atoms with Gasteiger partial charge in [0.25, 0.3) is 5.91 Å². The maximum Gasteiger partial charge on any atom is 0.257 e. The minimum Gasteiger partial charge on any atom is -0.352 e. The lowest BCUT2D eigenvalue weighted by atomic mass is 10.1. The summed E-state index contributed by atoms with van der Waals surface area (Å²) in [6.45, 7) is 1.60. The highest BCUT2D eigenvalue weighted by molar-refractivity contribution is 7.92. The first kappa shape index (κ1) is 25.5. The van der Waals surface area contributed by atoms with Crippen molar-refractivity contribution in [2.24, 2.45) is 0 Å². The van der Waals surface area contributed by atoms with Gasteiger partial charge in [0.1, 0.15) is 0 Å². The third kappa shape index (κ3) is 5.48. The Labute approximate surface area is 210 Å². The van der Waals surface area contributed by atoms with Crippen molar-refractivity contribution in [3.63, 3.8) is 0 Å². The number of carbonyl (C=O) groups excluding carboxylic acids is 1. The number of nitrogens with zero attached hydrogens (tertiary/aromatic N) is 5. The van der Waals surface area contributed by atoms with Gasteiger partial charge in [-0.1, -0.05) is 12.1 Å². The largest absolute Gasteiger partial charge is 0.352 e. The number of rotatable bonds is 7. The summed E-state index contributed by atoms with van der Waals surface area (Å²) < 4.78 is 52.6. The van der Waals surface area contributed by atoms with Crippen LogP contribution in [-0.4, -0.2) is 76.7 Å². The summed E-state index contributed by atoms with van der Waals surface area (Å²) in [5.74, 6) is 0.191. The van der Waals surface area contributed by atoms with Crippen LogP contribution in [0.3, 0.4) is 0 Å². The van der Waals surface area contributed by atoms with Gasteiger partial charge in [-0.3, -0.25) is 9.10 Å². The first-order valence-electron chi connectivity index (χ1n) is 11.0. The average Bonchev–Trinajstić information content (AvgIpc) is 2.88. The Morgan fingerprint density at radius 3 is 2.19 bits per heavy atom. The summed E-state index contributed by atoms with van der Waals surface area (Å²) in [4.78, 5) is 15.0. The average molecular weight is 531 g/mol. The van der Waals surface area contributed by atoms with E-state index in [0.29, 0.717) is 37.7 Å². The molecule has 1 aliphatic rings. The van der Waals surface area contributed by atoms with Crippen molar-refractivity contribution in [3.8, 4) is 0 Å². The van der Waals surface area contributed by atoms with Gasteiger partial charge in [0.05, 0.1) is 22.4 Å². The number of piperazine rings is 1. The molecule has 2 aromatic carbocycles. The Kier molecular flexibility index (Phi) is 7.24. The summed E-state index contributed by atoms with van der Waals surface area (Å²) in [5.41, 5.74) is 0.781. The van der Waals surface area contributed by atoms with Gasteiger partial charge in [-0.25, -0.2) is 16.8 Å². The topological polar surface area (TPSA) is 133 Å². The molecule has 1 N–H and O–H groups in total. The smallest absolute Gasteiger partial charge is 0.257 e. The van der Waals surface area contributed by atoms with Crippen LogP contribution in [0.2, 0.25) is 0 Å². The van der Waals surface area contributed by atoms with Crippen molar-refractivity contribution in [1.82, 2.24) is 14.5 Å². The van der Waals surface area contributed by atoms with Crippen LogP contribution in [0.1, 0.15) is 10.4 Å². The second-order valence-corrected chi connectivity index (χ2v) is 12.2. The van der Waals surface area contributed by atoms with Crippen LogP contribution in [0, 0.1) is 0 Å². The number of hydrogen-bond acceptors (Lipinski definition) is 8. The van der Waals surface area contributed by atoms with Crippen molar-refractivity contribution in [2.45, 2.75) is 4.90 Å². The molecular weight excluding hydrogens is 504 g/mol. The molecule has 1 saturated heterocycles. The van der Waals surface area contributed by atoms with E-state index in [2.05, 4.69) is 15.5 Å². The van der Waals surface area contributed by atoms with E-state index < -0.39 is 26.0 Å². The van der Waals surface area contributed by atoms with Crippen LogP contribution in [0.25, 0.3) is 0 Å². The maximum atomic E-state index is 13.1. The minimum absolute atomic E-state index is 0.116. The quantitative estimate of drug-likeness (QED) is 0.487. The van der Waals surface area contributed by atoms with E-state index in [1.165, 1.54) is 47.8 Å². The lowest BCUT2D eigenvalue weighted by Gasteiger charge is -2.34. The number of benzene rings is 2. The molecule has 1 amide bonds. The zero-order valence-electron chi connectivity index (χ0n) is 19.8. The second-order valence-electron chi connectivity index (χ2n) is 8.20. The molecule has 190 valence electrons. The van der Waals surface area contributed by atoms with Crippen LogP contribution >= 0.6 is 0 Å². The lowest BCUT2D eigenvalue weighted by molar-refractivity contribution is 0.102. The minimum atomic E-state index is -3.71. The molecule has 0 radical (unpaired) electrons. The van der Waals surface area contributed by atoms with Gasteiger partial charge in [0.2, 0.25) is 20.0 Å². The highest BCUT2D eigenvalue weighted by atomic mass is 32.2. The molecule has 4 rings (SSSR count). The molecule has 13 heteroatoms. The third-order valence-electron chi connectivity index (χ3n) is 5.86. The Morgan fingerprint density at radius 1 is 0.917 bits per heavy atom. The molecule has 0 spiro atoms. The van der Waals surface area contributed by atoms with E-state index in [9.17, 15) is 21.6 Å². The molecule has 1 fully saturated rings. The predicted molar refractivity (Wildman–Crippen MR) is 137 cm³/mol. The van der Waals surface area contributed by atoms with Crippen molar-refractivity contribution in [1.29, 1.82) is 0 Å². The summed E-state index contributed by atoms with van der Waals surface area (Å²) in [6, 6.07) is 15.8. The molecule has 0 bridgehead atoms. The van der Waals surface area contributed by atoms with Gasteiger partial charge in [0, 0.05) is 45.1 Å². The first-order valence-corrected chi connectivity index (χ1v) is 14.3. The number of sulfonamides is 2. The number of para-hydroxylation sites is 1. The Hall–Kier alpha value is -3.55. The van der Waals surface area contributed by atoms with E-state index in [1.807, 2.05) is 11.0 Å². The van der Waals surface area contributed by atoms with Crippen LogP contribution in [0.15, 0.2) is 71.8 Å². The van der Waals surface area contributed by atoms with E-state index in [4.69, 9.17) is 0 Å². The van der Waals surface area contributed by atoms with E-state index in [-0.39, 0.29) is 16.1 Å². The number of aromatic nitrogens is 2. The highest BCUT2D eigenvalue weighted by Crippen LogP contribution is 2.24. The number of carbonyl (C=O) groups is 1. The molecule has 0 atom stereocenters. The molecule has 0 saturated carbocycles. The maximum absolute atomic E-state index is 13.1. The van der Waals surface area contributed by atoms with Crippen molar-refractivity contribution in [3.05, 3.63) is 72.4 Å². The Bertz CT molecular complexity index is 1440. The fourth-order valence-corrected chi connectivity index (χ4v) is 5.73. The SMILES string of the molecule is CN(c1ccccc1C(=O)Nc1ccc(S(=O)(=O)N2CCN(c3cccnn3)CC2)cc1)S(C)(=O)=O. The normalized spacial score (nSPS) is 14.9. The number of anilines is 3. The van der Waals surface area contributed by atoms with Crippen LogP contribution in [-0.2, 0) is 20.0 Å². The van der Waals surface area contributed by atoms with Gasteiger partial charge >= 0.3 is 0 Å². The van der Waals surface area contributed by atoms with Gasteiger partial charge in [-0.15, -0.1) is 5.10 Å². The number of hydrogen-bond donors (Lipinski definition) is 1. The number of nitrogens with one attached hydrogen (secondary N) is 1. The zero-order chi connectivity index (χ0) is 25.9. The molecular formula is C23H26N6O5S2. The lowest BCUT2D eigenvalue weighted by Crippen LogP contribution is -2.48. The molecule has 2 heterocycles. The molecule has 1 aromatic heterocycles. The van der Waals surface area contributed by atoms with Gasteiger partial charge < -0.3 is 10.2 Å². The van der Waals surface area contributed by atoms with E-state index in [1.54, 1.807) is 24.4 Å². The molecule has 3 aromatic rings. The summed E-state index contributed by atoms with van der Waals surface area (Å²) in [6.07, 6.45) is 2.64. The number of amides is 1. The molecule has 11 nitrogen and oxygen atoms in total. The molecule has 1 aliphatic heterocycles. The Morgan fingerprint density at radius 2 is 1.58 bits per heavy atom. The zero-order valence-corrected chi connectivity index (χ0v) is 21.4. The van der Waals surface area contributed by atoms with Gasteiger partial charge in [0.15, 0.2) is 5.82 Å². The van der Waals surface area contributed by atoms with Crippen LogP contribution < -0.4 is 14.5 Å². The summed E-state index contributed by atoms with van der Waals surface area (Å²) >= 11 is 0. The van der Waals surface area contributed by atoms with E-state index >= 15 is 0 Å². The monoisotopic (exact) mass is 530 g/mol. The summed E-state index contributed by atoms with van der Waals surface area (Å²) in [7, 11) is -5.91. The fourth-order valence-electron chi connectivity index (χ4n) is 3.80. The van der Waals surface area contributed by atoms with Crippen LogP contribution in [0.5, 0.6) is 0 Å². The second kappa shape index (κ2) is 10.2. The molecule has 36 heavy (non-hydrogen) atoms. The van der Waals surface area contributed by atoms with Crippen molar-refractivity contribution < 1.29 is 21.6 Å². The fraction of sp³-hybridized carbons (Fsp3) is 0.261. The predicted octanol–water partition coefficient (Wildman–Crippen LogP) is 1.64. The van der Waals surface area contributed by atoms with Crippen molar-refractivity contribution in [2.75, 3.05) is 54.0 Å². The van der Waals surface area contributed by atoms with Crippen molar-refractivity contribution >= 4 is 43.1 Å². The third-order valence-corrected chi connectivity index (χ3v) is 8.96.